The average molecular weight is 468 g/mol. The van der Waals surface area contributed by atoms with E-state index in [4.69, 9.17) is 4.74 Å². The molecule has 0 aromatic heterocycles. The lowest BCUT2D eigenvalue weighted by molar-refractivity contribution is -0.384. The predicted molar refractivity (Wildman–Crippen MR) is 125 cm³/mol. The number of carbonyl (C=O) groups excluding carboxylic acids is 3. The molecule has 3 aromatic rings. The van der Waals surface area contributed by atoms with Crippen LogP contribution in [0.25, 0.3) is 0 Å². The van der Waals surface area contributed by atoms with E-state index in [1.807, 2.05) is 48.5 Å². The van der Waals surface area contributed by atoms with Gasteiger partial charge in [-0.15, -0.1) is 0 Å². The van der Waals surface area contributed by atoms with Gasteiger partial charge in [-0.3, -0.25) is 24.5 Å². The second kappa shape index (κ2) is 7.09. The monoisotopic (exact) mass is 468 g/mol. The summed E-state index contributed by atoms with van der Waals surface area (Å²) in [7, 11) is 1.33. The summed E-state index contributed by atoms with van der Waals surface area (Å²) in [5, 5.41) is 11.3. The standard InChI is InChI=1S/C27H20N2O6/c1-14(30)27-18-9-5-3-7-16(18)22(17-8-4-6-10-19(17)27)23-24(27)26(32)28(25(23)31)20-12-11-15(29(33)34)13-21(20)35-2/h3-13,22-24H,1-2H3. The van der Waals surface area contributed by atoms with E-state index in [0.717, 1.165) is 27.2 Å². The largest absolute Gasteiger partial charge is 0.494 e. The topological polar surface area (TPSA) is 107 Å². The van der Waals surface area contributed by atoms with Gasteiger partial charge in [-0.25, -0.2) is 4.90 Å². The van der Waals surface area contributed by atoms with Crippen molar-refractivity contribution >= 4 is 29.0 Å². The van der Waals surface area contributed by atoms with E-state index in [0.29, 0.717) is 0 Å². The third kappa shape index (κ3) is 2.43. The van der Waals surface area contributed by atoms with E-state index in [-0.39, 0.29) is 28.8 Å². The number of methoxy groups -OCH3 is 1. The molecule has 2 unspecified atom stereocenters. The molecule has 0 saturated carbocycles. The Balaban J connectivity index is 1.62. The number of amides is 2. The maximum atomic E-state index is 14.1. The zero-order valence-electron chi connectivity index (χ0n) is 18.9. The van der Waals surface area contributed by atoms with Crippen molar-refractivity contribution in [3.05, 3.63) is 99.1 Å². The molecular formula is C27H20N2O6. The van der Waals surface area contributed by atoms with Gasteiger partial charge in [-0.05, 0) is 35.2 Å². The molecule has 4 aliphatic rings. The number of nitro groups is 1. The third-order valence-corrected chi connectivity index (χ3v) is 7.79. The summed E-state index contributed by atoms with van der Waals surface area (Å²) in [6, 6.07) is 18.8. The summed E-state index contributed by atoms with van der Waals surface area (Å²) in [6.07, 6.45) is 0. The summed E-state index contributed by atoms with van der Waals surface area (Å²) in [5.74, 6) is -3.21. The van der Waals surface area contributed by atoms with Crippen LogP contribution in [0.15, 0.2) is 66.7 Å². The van der Waals surface area contributed by atoms with Crippen molar-refractivity contribution in [2.24, 2.45) is 11.8 Å². The number of carbonyl (C=O) groups is 3. The first-order chi connectivity index (χ1) is 16.8. The van der Waals surface area contributed by atoms with Gasteiger partial charge in [0.2, 0.25) is 11.8 Å². The summed E-state index contributed by atoms with van der Waals surface area (Å²) >= 11 is 0. The fraction of sp³-hybridized carbons (Fsp3) is 0.222. The first-order valence-electron chi connectivity index (χ1n) is 11.2. The summed E-state index contributed by atoms with van der Waals surface area (Å²) in [6.45, 7) is 1.48. The molecule has 0 spiro atoms. The first kappa shape index (κ1) is 21.2. The minimum absolute atomic E-state index is 0.0406. The van der Waals surface area contributed by atoms with Crippen molar-refractivity contribution in [1.29, 1.82) is 0 Å². The van der Waals surface area contributed by atoms with E-state index in [1.54, 1.807) is 0 Å². The van der Waals surface area contributed by atoms with Gasteiger partial charge in [-0.1, -0.05) is 48.5 Å². The molecule has 1 aliphatic heterocycles. The fourth-order valence-corrected chi connectivity index (χ4v) is 6.57. The molecule has 3 aliphatic carbocycles. The highest BCUT2D eigenvalue weighted by atomic mass is 16.6. The Morgan fingerprint density at radius 2 is 1.57 bits per heavy atom. The molecule has 7 rings (SSSR count). The molecule has 1 fully saturated rings. The molecule has 1 saturated heterocycles. The van der Waals surface area contributed by atoms with Crippen molar-refractivity contribution in [2.75, 3.05) is 12.0 Å². The zero-order chi connectivity index (χ0) is 24.6. The van der Waals surface area contributed by atoms with Crippen molar-refractivity contribution in [1.82, 2.24) is 0 Å². The zero-order valence-corrected chi connectivity index (χ0v) is 18.9. The highest BCUT2D eigenvalue weighted by Gasteiger charge is 2.70. The van der Waals surface area contributed by atoms with Gasteiger partial charge in [-0.2, -0.15) is 0 Å². The van der Waals surface area contributed by atoms with Crippen LogP contribution in [0, 0.1) is 22.0 Å². The maximum Gasteiger partial charge on any atom is 0.273 e. The number of ketones is 1. The van der Waals surface area contributed by atoms with Crippen LogP contribution in [-0.4, -0.2) is 29.6 Å². The minimum Gasteiger partial charge on any atom is -0.494 e. The fourth-order valence-electron chi connectivity index (χ4n) is 6.57. The number of non-ortho nitro benzene ring substituents is 1. The second-order valence-electron chi connectivity index (χ2n) is 9.14. The lowest BCUT2D eigenvalue weighted by Crippen LogP contribution is -2.57. The van der Waals surface area contributed by atoms with Crippen LogP contribution in [0.4, 0.5) is 11.4 Å². The number of nitro benzene ring substituents is 1. The summed E-state index contributed by atoms with van der Waals surface area (Å²) < 4.78 is 5.35. The number of benzene rings is 3. The molecule has 8 heteroatoms. The Morgan fingerprint density at radius 1 is 0.971 bits per heavy atom. The molecule has 8 nitrogen and oxygen atoms in total. The Morgan fingerprint density at radius 3 is 2.11 bits per heavy atom. The van der Waals surface area contributed by atoms with E-state index >= 15 is 0 Å². The quantitative estimate of drug-likeness (QED) is 0.328. The maximum absolute atomic E-state index is 14.1. The summed E-state index contributed by atoms with van der Waals surface area (Å²) in [4.78, 5) is 53.5. The second-order valence-corrected chi connectivity index (χ2v) is 9.14. The Labute approximate surface area is 200 Å². The van der Waals surface area contributed by atoms with Crippen LogP contribution < -0.4 is 9.64 Å². The number of hydrogen-bond acceptors (Lipinski definition) is 6. The van der Waals surface area contributed by atoms with Gasteiger partial charge in [0.25, 0.3) is 5.69 Å². The van der Waals surface area contributed by atoms with Gasteiger partial charge >= 0.3 is 0 Å². The smallest absolute Gasteiger partial charge is 0.273 e. The Bertz CT molecular complexity index is 1430. The van der Waals surface area contributed by atoms with Crippen molar-refractivity contribution in [2.45, 2.75) is 18.3 Å². The van der Waals surface area contributed by atoms with E-state index in [1.165, 1.54) is 32.2 Å². The SMILES string of the molecule is COc1cc([N+](=O)[O-])ccc1N1C(=O)C2C3c4ccccc4C(C(C)=O)(c4ccccc43)C2C1=O. The van der Waals surface area contributed by atoms with Crippen LogP contribution in [0.3, 0.4) is 0 Å². The van der Waals surface area contributed by atoms with Gasteiger partial charge in [0, 0.05) is 12.0 Å². The molecule has 1 heterocycles. The highest BCUT2D eigenvalue weighted by molar-refractivity contribution is 6.26. The normalized spacial score (nSPS) is 25.7. The Kier molecular flexibility index (Phi) is 4.30. The summed E-state index contributed by atoms with van der Waals surface area (Å²) in [5.41, 5.74) is 1.88. The van der Waals surface area contributed by atoms with E-state index in [9.17, 15) is 24.5 Å². The number of ether oxygens (including phenoxy) is 1. The number of imide groups is 1. The number of anilines is 1. The van der Waals surface area contributed by atoms with Crippen LogP contribution in [-0.2, 0) is 19.8 Å². The highest BCUT2D eigenvalue weighted by Crippen LogP contribution is 2.64. The molecule has 2 atom stereocenters. The number of nitrogens with zero attached hydrogens (tertiary/aromatic N) is 2. The van der Waals surface area contributed by atoms with Crippen molar-refractivity contribution < 1.29 is 24.0 Å². The lowest BCUT2D eigenvalue weighted by atomic mass is 9.46. The molecule has 0 N–H and O–H groups in total. The molecule has 2 amide bonds. The van der Waals surface area contributed by atoms with Crippen LogP contribution >= 0.6 is 0 Å². The number of Topliss-reactive ketones (excluding diaryl/α,β-unsaturated/α-hetero) is 1. The molecule has 0 radical (unpaired) electrons. The van der Waals surface area contributed by atoms with Gasteiger partial charge in [0.05, 0.1) is 41.0 Å². The lowest BCUT2D eigenvalue weighted by Gasteiger charge is -2.52. The van der Waals surface area contributed by atoms with Gasteiger partial charge < -0.3 is 4.74 Å². The van der Waals surface area contributed by atoms with Crippen molar-refractivity contribution in [3.63, 3.8) is 0 Å². The van der Waals surface area contributed by atoms with E-state index in [2.05, 4.69) is 0 Å². The third-order valence-electron chi connectivity index (χ3n) is 7.79. The average Bonchev–Trinajstić information content (AvgIpc) is 3.13. The molecule has 174 valence electrons. The Hall–Kier alpha value is -4.33. The van der Waals surface area contributed by atoms with Crippen LogP contribution in [0.1, 0.15) is 35.1 Å². The number of hydrogen-bond donors (Lipinski definition) is 0. The molecule has 3 aromatic carbocycles. The van der Waals surface area contributed by atoms with Gasteiger partial charge in [0.1, 0.15) is 11.5 Å². The molecule has 2 bridgehead atoms. The van der Waals surface area contributed by atoms with Gasteiger partial charge in [0.15, 0.2) is 0 Å². The van der Waals surface area contributed by atoms with Crippen LogP contribution in [0.5, 0.6) is 5.75 Å². The minimum atomic E-state index is -1.30. The van der Waals surface area contributed by atoms with E-state index < -0.39 is 34.0 Å². The van der Waals surface area contributed by atoms with Crippen LogP contribution in [0.2, 0.25) is 0 Å². The molecule has 35 heavy (non-hydrogen) atoms. The first-order valence-corrected chi connectivity index (χ1v) is 11.2. The molecular weight excluding hydrogens is 448 g/mol. The van der Waals surface area contributed by atoms with Crippen molar-refractivity contribution in [3.8, 4) is 5.75 Å². The number of rotatable bonds is 4. The predicted octanol–water partition coefficient (Wildman–Crippen LogP) is 3.74.